The summed E-state index contributed by atoms with van der Waals surface area (Å²) in [5, 5.41) is 13.2. The molecule has 0 saturated heterocycles. The van der Waals surface area contributed by atoms with Crippen LogP contribution in [-0.2, 0) is 0 Å². The molecule has 1 aliphatic rings. The van der Waals surface area contributed by atoms with Crippen LogP contribution in [0.2, 0.25) is 0 Å². The molecule has 3 heteroatoms. The Hall–Kier alpha value is -0.930. The Labute approximate surface area is 102 Å². The van der Waals surface area contributed by atoms with Crippen LogP contribution in [0.5, 0.6) is 0 Å². The van der Waals surface area contributed by atoms with E-state index in [4.69, 9.17) is 0 Å². The summed E-state index contributed by atoms with van der Waals surface area (Å²) in [5.74, 6) is 0.528. The molecule has 2 atom stereocenters. The molecule has 0 bridgehead atoms. The van der Waals surface area contributed by atoms with Crippen molar-refractivity contribution in [2.24, 2.45) is 5.92 Å². The van der Waals surface area contributed by atoms with Crippen LogP contribution in [0.15, 0.2) is 24.3 Å². The number of nitrogens with one attached hydrogen (secondary N) is 1. The molecule has 1 fully saturated rings. The third-order valence-electron chi connectivity index (χ3n) is 3.31. The van der Waals surface area contributed by atoms with E-state index in [9.17, 15) is 9.50 Å². The quantitative estimate of drug-likeness (QED) is 0.797. The third-order valence-corrected chi connectivity index (χ3v) is 3.31. The number of rotatable bonds is 6. The second-order valence-electron chi connectivity index (χ2n) is 5.03. The van der Waals surface area contributed by atoms with E-state index < -0.39 is 6.10 Å². The van der Waals surface area contributed by atoms with Crippen LogP contribution >= 0.6 is 0 Å². The largest absolute Gasteiger partial charge is 0.387 e. The van der Waals surface area contributed by atoms with E-state index in [2.05, 4.69) is 12.2 Å². The highest BCUT2D eigenvalue weighted by Crippen LogP contribution is 2.33. The molecule has 1 aromatic rings. The first-order valence-corrected chi connectivity index (χ1v) is 6.32. The van der Waals surface area contributed by atoms with Gasteiger partial charge in [0.2, 0.25) is 0 Å². The summed E-state index contributed by atoms with van der Waals surface area (Å²) in [4.78, 5) is 0. The van der Waals surface area contributed by atoms with Crippen LogP contribution in [0.1, 0.15) is 37.9 Å². The maximum Gasteiger partial charge on any atom is 0.129 e. The Morgan fingerprint density at radius 2 is 2.12 bits per heavy atom. The lowest BCUT2D eigenvalue weighted by atomic mass is 10.1. The molecule has 0 radical (unpaired) electrons. The minimum Gasteiger partial charge on any atom is -0.387 e. The van der Waals surface area contributed by atoms with Crippen molar-refractivity contribution in [1.29, 1.82) is 0 Å². The Morgan fingerprint density at radius 1 is 1.41 bits per heavy atom. The molecule has 0 heterocycles. The summed E-state index contributed by atoms with van der Waals surface area (Å²) in [6, 6.07) is 6.78. The average Bonchev–Trinajstić information content (AvgIpc) is 3.10. The van der Waals surface area contributed by atoms with Crippen LogP contribution in [0.4, 0.5) is 4.39 Å². The average molecular weight is 237 g/mol. The van der Waals surface area contributed by atoms with Gasteiger partial charge in [0.05, 0.1) is 6.10 Å². The Morgan fingerprint density at radius 3 is 2.76 bits per heavy atom. The first-order valence-electron chi connectivity index (χ1n) is 6.32. The normalized spacial score (nSPS) is 19.0. The Bertz CT molecular complexity index is 365. The van der Waals surface area contributed by atoms with Crippen LogP contribution in [0, 0.1) is 11.7 Å². The van der Waals surface area contributed by atoms with E-state index in [-0.39, 0.29) is 5.82 Å². The summed E-state index contributed by atoms with van der Waals surface area (Å²) < 4.78 is 13.4. The molecule has 2 unspecified atom stereocenters. The fraction of sp³-hybridized carbons (Fsp3) is 0.571. The Kier molecular flexibility index (Phi) is 4.13. The lowest BCUT2D eigenvalue weighted by Crippen LogP contribution is -2.31. The predicted octanol–water partition coefficient (Wildman–Crippen LogP) is 2.64. The zero-order valence-electron chi connectivity index (χ0n) is 10.2. The van der Waals surface area contributed by atoms with Crippen molar-refractivity contribution in [3.63, 3.8) is 0 Å². The standard InChI is InChI=1S/C14H20FNO/c1-10(8-11-6-7-11)16-9-14(17)12-4-2-3-5-13(12)15/h2-5,10-11,14,16-17H,6-9H2,1H3. The fourth-order valence-electron chi connectivity index (χ4n) is 2.10. The van der Waals surface area contributed by atoms with E-state index in [0.717, 1.165) is 12.3 Å². The number of hydrogen-bond donors (Lipinski definition) is 2. The number of aliphatic hydroxyl groups excluding tert-OH is 1. The molecule has 2 N–H and O–H groups in total. The number of halogens is 1. The van der Waals surface area contributed by atoms with Crippen molar-refractivity contribution in [1.82, 2.24) is 5.32 Å². The summed E-state index contributed by atoms with van der Waals surface area (Å²) in [6.45, 7) is 2.53. The summed E-state index contributed by atoms with van der Waals surface area (Å²) in [6.07, 6.45) is 3.06. The molecule has 0 amide bonds. The van der Waals surface area contributed by atoms with Crippen molar-refractivity contribution in [2.75, 3.05) is 6.54 Å². The molecule has 0 aromatic heterocycles. The molecule has 1 aromatic carbocycles. The van der Waals surface area contributed by atoms with Crippen LogP contribution in [-0.4, -0.2) is 17.7 Å². The van der Waals surface area contributed by atoms with Crippen LogP contribution in [0.25, 0.3) is 0 Å². The van der Waals surface area contributed by atoms with Gasteiger partial charge in [0.15, 0.2) is 0 Å². The van der Waals surface area contributed by atoms with Gasteiger partial charge in [0.25, 0.3) is 0 Å². The lowest BCUT2D eigenvalue weighted by molar-refractivity contribution is 0.165. The first kappa shape index (κ1) is 12.5. The molecule has 0 spiro atoms. The van der Waals surface area contributed by atoms with Crippen molar-refractivity contribution in [3.8, 4) is 0 Å². The van der Waals surface area contributed by atoms with Gasteiger partial charge in [-0.2, -0.15) is 0 Å². The zero-order valence-corrected chi connectivity index (χ0v) is 10.2. The molecule has 2 rings (SSSR count). The van der Waals surface area contributed by atoms with Gasteiger partial charge in [-0.25, -0.2) is 4.39 Å². The van der Waals surface area contributed by atoms with E-state index >= 15 is 0 Å². The topological polar surface area (TPSA) is 32.3 Å². The van der Waals surface area contributed by atoms with Crippen molar-refractivity contribution in [2.45, 2.75) is 38.3 Å². The minimum atomic E-state index is -0.766. The van der Waals surface area contributed by atoms with Gasteiger partial charge in [-0.05, 0) is 25.3 Å². The smallest absolute Gasteiger partial charge is 0.129 e. The van der Waals surface area contributed by atoms with Crippen molar-refractivity contribution >= 4 is 0 Å². The molecule has 17 heavy (non-hydrogen) atoms. The van der Waals surface area contributed by atoms with E-state index in [1.54, 1.807) is 18.2 Å². The van der Waals surface area contributed by atoms with Gasteiger partial charge >= 0.3 is 0 Å². The second kappa shape index (κ2) is 5.61. The van der Waals surface area contributed by atoms with E-state index in [1.807, 2.05) is 0 Å². The van der Waals surface area contributed by atoms with Crippen LogP contribution < -0.4 is 5.32 Å². The number of aliphatic hydroxyl groups is 1. The van der Waals surface area contributed by atoms with Gasteiger partial charge in [0, 0.05) is 18.2 Å². The van der Waals surface area contributed by atoms with Gasteiger partial charge in [0.1, 0.15) is 5.82 Å². The lowest BCUT2D eigenvalue weighted by Gasteiger charge is -2.17. The third kappa shape index (κ3) is 3.79. The summed E-state index contributed by atoms with van der Waals surface area (Å²) in [5.41, 5.74) is 0.374. The molecular weight excluding hydrogens is 217 g/mol. The van der Waals surface area contributed by atoms with Gasteiger partial charge in [-0.3, -0.25) is 0 Å². The van der Waals surface area contributed by atoms with Gasteiger partial charge in [-0.15, -0.1) is 0 Å². The Balaban J connectivity index is 1.80. The predicted molar refractivity (Wildman–Crippen MR) is 66.2 cm³/mol. The first-order chi connectivity index (χ1) is 8.16. The monoisotopic (exact) mass is 237 g/mol. The highest BCUT2D eigenvalue weighted by molar-refractivity contribution is 5.19. The summed E-state index contributed by atoms with van der Waals surface area (Å²) >= 11 is 0. The van der Waals surface area contributed by atoms with Gasteiger partial charge < -0.3 is 10.4 Å². The number of hydrogen-bond acceptors (Lipinski definition) is 2. The minimum absolute atomic E-state index is 0.336. The highest BCUT2D eigenvalue weighted by Gasteiger charge is 2.23. The number of benzene rings is 1. The van der Waals surface area contributed by atoms with E-state index in [1.165, 1.54) is 18.9 Å². The maximum absolute atomic E-state index is 13.4. The molecule has 94 valence electrons. The van der Waals surface area contributed by atoms with Crippen LogP contribution in [0.3, 0.4) is 0 Å². The summed E-state index contributed by atoms with van der Waals surface area (Å²) in [7, 11) is 0. The van der Waals surface area contributed by atoms with Crippen molar-refractivity contribution in [3.05, 3.63) is 35.6 Å². The molecular formula is C14H20FNO. The fourth-order valence-corrected chi connectivity index (χ4v) is 2.10. The molecule has 1 aliphatic carbocycles. The van der Waals surface area contributed by atoms with Crippen molar-refractivity contribution < 1.29 is 9.50 Å². The molecule has 1 saturated carbocycles. The van der Waals surface area contributed by atoms with Gasteiger partial charge in [-0.1, -0.05) is 31.0 Å². The van der Waals surface area contributed by atoms with E-state index in [0.29, 0.717) is 18.2 Å². The maximum atomic E-state index is 13.4. The zero-order chi connectivity index (χ0) is 12.3. The SMILES string of the molecule is CC(CC1CC1)NCC(O)c1ccccc1F. The second-order valence-corrected chi connectivity index (χ2v) is 5.03. The highest BCUT2D eigenvalue weighted by atomic mass is 19.1. The molecule has 2 nitrogen and oxygen atoms in total. The molecule has 0 aliphatic heterocycles.